The Morgan fingerprint density at radius 2 is 1.89 bits per heavy atom. The molecule has 0 atom stereocenters. The minimum Gasteiger partial charge on any atom is -0.489 e. The second-order valence-corrected chi connectivity index (χ2v) is 9.34. The van der Waals surface area contributed by atoms with Crippen molar-refractivity contribution in [2.45, 2.75) is 32.6 Å². The predicted octanol–water partition coefficient (Wildman–Crippen LogP) is 4.30. The van der Waals surface area contributed by atoms with E-state index in [1.165, 1.54) is 6.07 Å². The topological polar surface area (TPSA) is 61.5 Å². The summed E-state index contributed by atoms with van der Waals surface area (Å²) in [6.45, 7) is 9.06. The maximum Gasteiger partial charge on any atom is 0.258 e. The van der Waals surface area contributed by atoms with Crippen LogP contribution in [0.5, 0.6) is 5.75 Å². The third-order valence-electron chi connectivity index (χ3n) is 6.18. The van der Waals surface area contributed by atoms with Gasteiger partial charge in [0.1, 0.15) is 12.4 Å². The largest absolute Gasteiger partial charge is 0.489 e. The Labute approximate surface area is 211 Å². The van der Waals surface area contributed by atoms with Crippen molar-refractivity contribution in [3.8, 4) is 11.4 Å². The fourth-order valence-electron chi connectivity index (χ4n) is 4.45. The lowest BCUT2D eigenvalue weighted by Crippen LogP contribution is -2.49. The molecule has 3 heterocycles. The third-order valence-corrected chi connectivity index (χ3v) is 6.18. The SMILES string of the molecule is CC1(C)CN(CCn2ncc3cc(-n4ccc(OCc5ccccc5)cc4=O)ccc32)CCO1.Cl. The molecule has 0 saturated carbocycles. The normalized spacial score (nSPS) is 15.6. The standard InChI is InChI=1S/C27H30N4O3.ClH/c1-27(2)20-29(14-15-34-27)12-13-31-25-9-8-23(16-22(25)18-28-31)30-11-10-24(17-26(30)32)33-19-21-6-4-3-5-7-21;/h3-11,16-18H,12-15,19-20H2,1-2H3;1H. The molecule has 4 aromatic rings. The van der Waals surface area contributed by atoms with Crippen molar-refractivity contribution in [3.05, 3.63) is 89.0 Å². The van der Waals surface area contributed by atoms with E-state index in [0.717, 1.165) is 54.9 Å². The van der Waals surface area contributed by atoms with Gasteiger partial charge >= 0.3 is 0 Å². The van der Waals surface area contributed by atoms with Crippen LogP contribution in [-0.2, 0) is 17.9 Å². The molecule has 1 aliphatic heterocycles. The zero-order valence-corrected chi connectivity index (χ0v) is 20.9. The average molecular weight is 495 g/mol. The van der Waals surface area contributed by atoms with Gasteiger partial charge < -0.3 is 9.47 Å². The summed E-state index contributed by atoms with van der Waals surface area (Å²) in [7, 11) is 0. The zero-order chi connectivity index (χ0) is 23.5. The highest BCUT2D eigenvalue weighted by molar-refractivity contribution is 5.85. The first-order valence-corrected chi connectivity index (χ1v) is 11.7. The Bertz CT molecular complexity index is 1330. The Hall–Kier alpha value is -3.13. The first-order chi connectivity index (χ1) is 16.5. The molecule has 5 rings (SSSR count). The molecular formula is C27H31ClN4O3. The van der Waals surface area contributed by atoms with E-state index in [9.17, 15) is 4.79 Å². The first kappa shape index (κ1) is 25.0. The minimum atomic E-state index is -0.132. The van der Waals surface area contributed by atoms with Gasteiger partial charge in [-0.25, -0.2) is 0 Å². The Kier molecular flexibility index (Phi) is 7.60. The van der Waals surface area contributed by atoms with Gasteiger partial charge in [-0.2, -0.15) is 5.10 Å². The Balaban J connectivity index is 0.00000289. The van der Waals surface area contributed by atoms with Crippen LogP contribution in [0.25, 0.3) is 16.6 Å². The number of ether oxygens (including phenoxy) is 2. The van der Waals surface area contributed by atoms with Crippen LogP contribution in [0.3, 0.4) is 0 Å². The van der Waals surface area contributed by atoms with Crippen LogP contribution in [0.1, 0.15) is 19.4 Å². The lowest BCUT2D eigenvalue weighted by Gasteiger charge is -2.38. The molecule has 0 spiro atoms. The molecule has 0 aliphatic carbocycles. The van der Waals surface area contributed by atoms with Crippen molar-refractivity contribution in [2.75, 3.05) is 26.2 Å². The maximum atomic E-state index is 12.8. The monoisotopic (exact) mass is 494 g/mol. The van der Waals surface area contributed by atoms with Gasteiger partial charge in [-0.3, -0.25) is 18.9 Å². The number of fused-ring (bicyclic) bond motifs is 1. The zero-order valence-electron chi connectivity index (χ0n) is 20.1. The highest BCUT2D eigenvalue weighted by Gasteiger charge is 2.26. The molecule has 8 heteroatoms. The quantitative estimate of drug-likeness (QED) is 0.383. The van der Waals surface area contributed by atoms with E-state index in [1.54, 1.807) is 10.8 Å². The lowest BCUT2D eigenvalue weighted by molar-refractivity contribution is -0.0865. The fraction of sp³-hybridized carbons (Fsp3) is 0.333. The Morgan fingerprint density at radius 1 is 1.06 bits per heavy atom. The molecule has 0 amide bonds. The number of hydrogen-bond donors (Lipinski definition) is 0. The second kappa shape index (κ2) is 10.6. The van der Waals surface area contributed by atoms with Gasteiger partial charge in [0.15, 0.2) is 0 Å². The third kappa shape index (κ3) is 5.93. The van der Waals surface area contributed by atoms with Crippen LogP contribution in [-0.4, -0.2) is 51.1 Å². The summed E-state index contributed by atoms with van der Waals surface area (Å²) < 4.78 is 15.3. The summed E-state index contributed by atoms with van der Waals surface area (Å²) in [4.78, 5) is 15.2. The van der Waals surface area contributed by atoms with Crippen LogP contribution >= 0.6 is 12.4 Å². The highest BCUT2D eigenvalue weighted by atomic mass is 35.5. The van der Waals surface area contributed by atoms with Gasteiger partial charge in [0.05, 0.1) is 30.5 Å². The average Bonchev–Trinajstić information content (AvgIpc) is 3.24. The number of morpholine rings is 1. The molecule has 0 radical (unpaired) electrons. The molecule has 0 unspecified atom stereocenters. The van der Waals surface area contributed by atoms with E-state index in [1.807, 2.05) is 65.5 Å². The lowest BCUT2D eigenvalue weighted by atomic mass is 10.1. The van der Waals surface area contributed by atoms with Gasteiger partial charge in [-0.1, -0.05) is 30.3 Å². The summed E-state index contributed by atoms with van der Waals surface area (Å²) >= 11 is 0. The van der Waals surface area contributed by atoms with Crippen molar-refractivity contribution < 1.29 is 9.47 Å². The minimum absolute atomic E-state index is 0. The van der Waals surface area contributed by atoms with Crippen molar-refractivity contribution in [1.82, 2.24) is 19.2 Å². The number of hydrogen-bond acceptors (Lipinski definition) is 5. The van der Waals surface area contributed by atoms with Crippen LogP contribution in [0, 0.1) is 0 Å². The summed E-state index contributed by atoms with van der Waals surface area (Å²) in [6, 6.07) is 19.3. The van der Waals surface area contributed by atoms with Crippen molar-refractivity contribution in [2.24, 2.45) is 0 Å². The molecule has 35 heavy (non-hydrogen) atoms. The molecule has 2 aromatic carbocycles. The number of nitrogens with zero attached hydrogens (tertiary/aromatic N) is 4. The van der Waals surface area contributed by atoms with Crippen LogP contribution in [0.15, 0.2) is 77.9 Å². The van der Waals surface area contributed by atoms with E-state index in [4.69, 9.17) is 9.47 Å². The number of pyridine rings is 1. The molecule has 1 aliphatic rings. The van der Waals surface area contributed by atoms with Crippen LogP contribution in [0.2, 0.25) is 0 Å². The van der Waals surface area contributed by atoms with E-state index in [2.05, 4.69) is 23.8 Å². The van der Waals surface area contributed by atoms with Gasteiger partial charge in [-0.05, 0) is 43.7 Å². The molecule has 1 fully saturated rings. The molecule has 7 nitrogen and oxygen atoms in total. The maximum absolute atomic E-state index is 12.8. The van der Waals surface area contributed by atoms with E-state index < -0.39 is 0 Å². The van der Waals surface area contributed by atoms with Gasteiger partial charge in [0.2, 0.25) is 0 Å². The van der Waals surface area contributed by atoms with E-state index >= 15 is 0 Å². The number of halogens is 1. The van der Waals surface area contributed by atoms with E-state index in [-0.39, 0.29) is 23.6 Å². The molecular weight excluding hydrogens is 464 g/mol. The smallest absolute Gasteiger partial charge is 0.258 e. The number of benzene rings is 2. The van der Waals surface area contributed by atoms with Crippen molar-refractivity contribution in [1.29, 1.82) is 0 Å². The first-order valence-electron chi connectivity index (χ1n) is 11.7. The van der Waals surface area contributed by atoms with E-state index in [0.29, 0.717) is 12.4 Å². The molecule has 184 valence electrons. The summed E-state index contributed by atoms with van der Waals surface area (Å²) in [5.74, 6) is 0.560. The molecule has 1 saturated heterocycles. The van der Waals surface area contributed by atoms with Gasteiger partial charge in [-0.15, -0.1) is 12.4 Å². The summed E-state index contributed by atoms with van der Waals surface area (Å²) in [5.41, 5.74) is 2.70. The van der Waals surface area contributed by atoms with Gasteiger partial charge in [0, 0.05) is 43.0 Å². The predicted molar refractivity (Wildman–Crippen MR) is 140 cm³/mol. The molecule has 0 bridgehead atoms. The Morgan fingerprint density at radius 3 is 2.66 bits per heavy atom. The highest BCUT2D eigenvalue weighted by Crippen LogP contribution is 2.20. The second-order valence-electron chi connectivity index (χ2n) is 9.34. The van der Waals surface area contributed by atoms with Gasteiger partial charge in [0.25, 0.3) is 5.56 Å². The van der Waals surface area contributed by atoms with Crippen LogP contribution in [0.4, 0.5) is 0 Å². The van der Waals surface area contributed by atoms with Crippen molar-refractivity contribution in [3.63, 3.8) is 0 Å². The fourth-order valence-corrected chi connectivity index (χ4v) is 4.45. The number of aromatic nitrogens is 3. The van der Waals surface area contributed by atoms with Crippen LogP contribution < -0.4 is 10.3 Å². The molecule has 0 N–H and O–H groups in total. The number of rotatable bonds is 7. The summed E-state index contributed by atoms with van der Waals surface area (Å²) in [5, 5.41) is 5.60. The molecule has 2 aromatic heterocycles. The van der Waals surface area contributed by atoms with Crippen molar-refractivity contribution >= 4 is 23.3 Å². The summed E-state index contributed by atoms with van der Waals surface area (Å²) in [6.07, 6.45) is 3.62.